The zero-order valence-electron chi connectivity index (χ0n) is 17.8. The van der Waals surface area contributed by atoms with Crippen LogP contribution >= 0.6 is 11.3 Å². The van der Waals surface area contributed by atoms with Crippen molar-refractivity contribution >= 4 is 39.7 Å². The Morgan fingerprint density at radius 2 is 1.84 bits per heavy atom. The zero-order valence-corrected chi connectivity index (χ0v) is 18.7. The van der Waals surface area contributed by atoms with Crippen LogP contribution in [-0.2, 0) is 9.53 Å². The van der Waals surface area contributed by atoms with Crippen LogP contribution in [0.15, 0.2) is 69.2 Å². The maximum atomic E-state index is 12.9. The fraction of sp³-hybridized carbons (Fsp3) is 0.217. The summed E-state index contributed by atoms with van der Waals surface area (Å²) < 4.78 is 4.96. The standard InChI is InChI=1S/C23H21N5O3S/c1-4-31-22(30)17-9-11-18(12-10-17)25-26-20-15(3)27-28(21(20)29)23-24-19(13-32-23)16-7-5-14(2)6-8-16/h5-13,20H,4H2,1-3H3/t20-/m1/s1. The number of rotatable bonds is 6. The predicted molar refractivity (Wildman–Crippen MR) is 124 cm³/mol. The van der Waals surface area contributed by atoms with Gasteiger partial charge in [0, 0.05) is 10.9 Å². The summed E-state index contributed by atoms with van der Waals surface area (Å²) in [7, 11) is 0. The average Bonchev–Trinajstić information content (AvgIpc) is 3.38. The van der Waals surface area contributed by atoms with Crippen molar-refractivity contribution in [3.05, 3.63) is 65.0 Å². The Morgan fingerprint density at radius 3 is 2.53 bits per heavy atom. The molecule has 0 fully saturated rings. The van der Waals surface area contributed by atoms with Crippen LogP contribution in [0.25, 0.3) is 11.3 Å². The van der Waals surface area contributed by atoms with Crippen molar-refractivity contribution in [2.45, 2.75) is 26.8 Å². The molecule has 0 saturated heterocycles. The normalized spacial score (nSPS) is 16.0. The lowest BCUT2D eigenvalue weighted by molar-refractivity contribution is -0.117. The van der Waals surface area contributed by atoms with E-state index in [4.69, 9.17) is 4.74 Å². The first kappa shape index (κ1) is 21.5. The van der Waals surface area contributed by atoms with E-state index in [-0.39, 0.29) is 5.91 Å². The first-order chi connectivity index (χ1) is 15.5. The number of carbonyl (C=O) groups is 2. The minimum Gasteiger partial charge on any atom is -0.462 e. The number of hydrogen-bond acceptors (Lipinski definition) is 8. The monoisotopic (exact) mass is 447 g/mol. The third kappa shape index (κ3) is 4.47. The van der Waals surface area contributed by atoms with Crippen LogP contribution in [0.2, 0.25) is 0 Å². The quantitative estimate of drug-likeness (QED) is 0.385. The van der Waals surface area contributed by atoms with Crippen LogP contribution in [0.4, 0.5) is 10.8 Å². The number of anilines is 1. The maximum Gasteiger partial charge on any atom is 0.338 e. The van der Waals surface area contributed by atoms with Crippen molar-refractivity contribution < 1.29 is 14.3 Å². The number of hydrazone groups is 1. The molecule has 0 aliphatic carbocycles. The smallest absolute Gasteiger partial charge is 0.338 e. The van der Waals surface area contributed by atoms with E-state index in [2.05, 4.69) is 20.3 Å². The van der Waals surface area contributed by atoms with Gasteiger partial charge in [0.2, 0.25) is 5.13 Å². The zero-order chi connectivity index (χ0) is 22.7. The number of carbonyl (C=O) groups excluding carboxylic acids is 2. The van der Waals surface area contributed by atoms with E-state index < -0.39 is 12.0 Å². The Bertz CT molecular complexity index is 1200. The highest BCUT2D eigenvalue weighted by molar-refractivity contribution is 7.14. The lowest BCUT2D eigenvalue weighted by atomic mass is 10.1. The van der Waals surface area contributed by atoms with Crippen molar-refractivity contribution in [1.82, 2.24) is 4.98 Å². The topological polar surface area (TPSA) is 96.6 Å². The van der Waals surface area contributed by atoms with Crippen molar-refractivity contribution in [1.29, 1.82) is 0 Å². The minimum atomic E-state index is -0.813. The molecule has 9 heteroatoms. The highest BCUT2D eigenvalue weighted by atomic mass is 32.1. The van der Waals surface area contributed by atoms with Crippen molar-refractivity contribution in [2.75, 3.05) is 11.6 Å². The Morgan fingerprint density at radius 1 is 1.12 bits per heavy atom. The van der Waals surface area contributed by atoms with Crippen LogP contribution in [-0.4, -0.2) is 35.2 Å². The van der Waals surface area contributed by atoms with E-state index in [1.54, 1.807) is 38.1 Å². The largest absolute Gasteiger partial charge is 0.462 e. The molecular weight excluding hydrogens is 426 g/mol. The summed E-state index contributed by atoms with van der Waals surface area (Å²) in [6, 6.07) is 13.7. The fourth-order valence-electron chi connectivity index (χ4n) is 3.05. The molecule has 32 heavy (non-hydrogen) atoms. The van der Waals surface area contributed by atoms with Gasteiger partial charge in [-0.15, -0.1) is 11.3 Å². The molecule has 1 amide bonds. The molecule has 3 aromatic rings. The minimum absolute atomic E-state index is 0.306. The first-order valence-corrected chi connectivity index (χ1v) is 10.9. The number of benzene rings is 2. The van der Waals surface area contributed by atoms with Gasteiger partial charge < -0.3 is 4.74 Å². The summed E-state index contributed by atoms with van der Waals surface area (Å²) >= 11 is 1.35. The number of azo groups is 1. The first-order valence-electron chi connectivity index (χ1n) is 10.1. The second-order valence-corrected chi connectivity index (χ2v) is 7.99. The van der Waals surface area contributed by atoms with Gasteiger partial charge in [-0.1, -0.05) is 29.8 Å². The van der Waals surface area contributed by atoms with Gasteiger partial charge in [-0.05, 0) is 45.0 Å². The van der Waals surface area contributed by atoms with Crippen LogP contribution < -0.4 is 5.01 Å². The van der Waals surface area contributed by atoms with Crippen LogP contribution in [0, 0.1) is 6.92 Å². The number of thiazole rings is 1. The number of esters is 1. The molecule has 1 atom stereocenters. The molecule has 0 N–H and O–H groups in total. The number of aromatic nitrogens is 1. The van der Waals surface area contributed by atoms with E-state index in [1.165, 1.54) is 21.9 Å². The molecule has 8 nitrogen and oxygen atoms in total. The summed E-state index contributed by atoms with van der Waals surface area (Å²) in [6.45, 7) is 5.83. The second kappa shape index (κ2) is 9.19. The van der Waals surface area contributed by atoms with E-state index in [9.17, 15) is 9.59 Å². The summed E-state index contributed by atoms with van der Waals surface area (Å²) in [5.41, 5.74) is 4.43. The number of amides is 1. The average molecular weight is 448 g/mol. The molecule has 1 aromatic heterocycles. The van der Waals surface area contributed by atoms with Gasteiger partial charge in [0.15, 0.2) is 6.04 Å². The summed E-state index contributed by atoms with van der Waals surface area (Å²) in [4.78, 5) is 29.2. The van der Waals surface area contributed by atoms with E-state index >= 15 is 0 Å². The van der Waals surface area contributed by atoms with Crippen molar-refractivity contribution in [3.63, 3.8) is 0 Å². The molecule has 2 heterocycles. The number of nitrogens with zero attached hydrogens (tertiary/aromatic N) is 5. The molecule has 0 spiro atoms. The Balaban J connectivity index is 1.47. The highest BCUT2D eigenvalue weighted by Crippen LogP contribution is 2.31. The summed E-state index contributed by atoms with van der Waals surface area (Å²) in [5.74, 6) is -0.701. The number of aryl methyl sites for hydroxylation is 1. The molecule has 0 saturated carbocycles. The van der Waals surface area contributed by atoms with Gasteiger partial charge in [-0.25, -0.2) is 9.78 Å². The Hall–Kier alpha value is -3.72. The molecule has 1 aliphatic heterocycles. The third-order valence-electron chi connectivity index (χ3n) is 4.78. The van der Waals surface area contributed by atoms with E-state index in [0.29, 0.717) is 28.7 Å². The molecular formula is C23H21N5O3S. The Kier molecular flexibility index (Phi) is 6.18. The van der Waals surface area contributed by atoms with Gasteiger partial charge in [-0.2, -0.15) is 20.3 Å². The SMILES string of the molecule is CCOC(=O)c1ccc(N=N[C@H]2C(=O)N(c3nc(-c4ccc(C)cc4)cs3)N=C2C)cc1. The molecule has 0 radical (unpaired) electrons. The molecule has 0 bridgehead atoms. The maximum absolute atomic E-state index is 12.9. The molecule has 0 unspecified atom stereocenters. The lowest BCUT2D eigenvalue weighted by Crippen LogP contribution is -2.29. The van der Waals surface area contributed by atoms with Gasteiger partial charge in [0.1, 0.15) is 0 Å². The van der Waals surface area contributed by atoms with Gasteiger partial charge in [0.05, 0.1) is 29.3 Å². The van der Waals surface area contributed by atoms with Crippen LogP contribution in [0.1, 0.15) is 29.8 Å². The lowest BCUT2D eigenvalue weighted by Gasteiger charge is -2.08. The van der Waals surface area contributed by atoms with Gasteiger partial charge in [0.25, 0.3) is 5.91 Å². The van der Waals surface area contributed by atoms with Crippen molar-refractivity contribution in [3.8, 4) is 11.3 Å². The van der Waals surface area contributed by atoms with E-state index in [0.717, 1.165) is 11.3 Å². The molecule has 2 aromatic carbocycles. The number of ether oxygens (including phenoxy) is 1. The summed E-state index contributed by atoms with van der Waals surface area (Å²) in [5, 5.41) is 16.3. The van der Waals surface area contributed by atoms with Crippen molar-refractivity contribution in [2.24, 2.45) is 15.3 Å². The van der Waals surface area contributed by atoms with Gasteiger partial charge >= 0.3 is 5.97 Å². The van der Waals surface area contributed by atoms with Crippen LogP contribution in [0.3, 0.4) is 0 Å². The van der Waals surface area contributed by atoms with Gasteiger partial charge in [-0.3, -0.25) is 4.79 Å². The second-order valence-electron chi connectivity index (χ2n) is 7.16. The molecule has 1 aliphatic rings. The highest BCUT2D eigenvalue weighted by Gasteiger charge is 2.36. The predicted octanol–water partition coefficient (Wildman–Crippen LogP) is 5.17. The number of hydrogen-bond donors (Lipinski definition) is 0. The molecule has 4 rings (SSSR count). The molecule has 162 valence electrons. The van der Waals surface area contributed by atoms with E-state index in [1.807, 2.05) is 36.6 Å². The van der Waals surface area contributed by atoms with Crippen LogP contribution in [0.5, 0.6) is 0 Å². The summed E-state index contributed by atoms with van der Waals surface area (Å²) in [6.07, 6.45) is 0. The third-order valence-corrected chi connectivity index (χ3v) is 5.60. The fourth-order valence-corrected chi connectivity index (χ4v) is 3.84. The Labute approximate surface area is 189 Å².